The number of anilines is 1. The number of nitriles is 1. The van der Waals surface area contributed by atoms with Gasteiger partial charge in [0.05, 0.1) is 46.4 Å². The van der Waals surface area contributed by atoms with E-state index in [0.717, 1.165) is 12.1 Å². The second-order valence-electron chi connectivity index (χ2n) is 9.66. The third-order valence-electron chi connectivity index (χ3n) is 6.36. The van der Waals surface area contributed by atoms with Crippen LogP contribution in [-0.4, -0.2) is 30.6 Å². The van der Waals surface area contributed by atoms with Gasteiger partial charge in [-0.15, -0.1) is 0 Å². The first-order valence-corrected chi connectivity index (χ1v) is 12.0. The van der Waals surface area contributed by atoms with E-state index in [2.05, 4.69) is 11.4 Å². The fourth-order valence-electron chi connectivity index (χ4n) is 4.62. The molecule has 1 atom stereocenters. The van der Waals surface area contributed by atoms with Gasteiger partial charge in [-0.05, 0) is 63.6 Å². The molecule has 2 aromatic carbocycles. The van der Waals surface area contributed by atoms with E-state index in [1.807, 2.05) is 13.8 Å². The monoisotopic (exact) mass is 524 g/mol. The summed E-state index contributed by atoms with van der Waals surface area (Å²) in [4.78, 5) is 14.7. The number of ether oxygens (including phenoxy) is 2. The number of carbonyl (C=O) groups is 1. The number of amidine groups is 1. The number of nitrogens with one attached hydrogen (secondary N) is 2. The Balaban J connectivity index is 2.02. The van der Waals surface area contributed by atoms with Crippen LogP contribution in [0.2, 0.25) is 0 Å². The summed E-state index contributed by atoms with van der Waals surface area (Å²) in [6, 6.07) is 13.2. The van der Waals surface area contributed by atoms with Crippen molar-refractivity contribution in [1.82, 2.24) is 5.32 Å². The maximum Gasteiger partial charge on any atom is 0.416 e. The number of benzene rings is 2. The predicted molar refractivity (Wildman–Crippen MR) is 135 cm³/mol. The van der Waals surface area contributed by atoms with Crippen molar-refractivity contribution in [1.29, 1.82) is 10.7 Å². The first-order valence-electron chi connectivity index (χ1n) is 12.0. The molecule has 1 saturated heterocycles. The first kappa shape index (κ1) is 26.8. The van der Waals surface area contributed by atoms with Gasteiger partial charge in [-0.2, -0.15) is 18.4 Å². The Morgan fingerprint density at radius 3 is 2.50 bits per heavy atom. The largest absolute Gasteiger partial charge is 0.476 e. The molecule has 198 valence electrons. The molecule has 1 fully saturated rings. The lowest BCUT2D eigenvalue weighted by atomic mass is 9.79. The average molecular weight is 525 g/mol. The zero-order chi connectivity index (χ0) is 27.8. The average Bonchev–Trinajstić information content (AvgIpc) is 3.22. The van der Waals surface area contributed by atoms with Crippen LogP contribution in [0.4, 0.5) is 18.9 Å². The SMILES string of the molecule is CCOC(=O)C1=C(C)N(c2cccc(C(F)(F)F)c2)C(=N)/C(=C2\NC(C)(C)CO2)C1c1ccc(C#N)cc1. The molecule has 2 aliphatic heterocycles. The third-order valence-corrected chi connectivity index (χ3v) is 6.36. The van der Waals surface area contributed by atoms with Crippen LogP contribution >= 0.6 is 0 Å². The van der Waals surface area contributed by atoms with Crippen LogP contribution in [0.25, 0.3) is 0 Å². The quantitative estimate of drug-likeness (QED) is 0.505. The lowest BCUT2D eigenvalue weighted by Crippen LogP contribution is -2.42. The van der Waals surface area contributed by atoms with Crippen LogP contribution in [0.5, 0.6) is 0 Å². The zero-order valence-electron chi connectivity index (χ0n) is 21.4. The van der Waals surface area contributed by atoms with Crippen LogP contribution in [-0.2, 0) is 20.4 Å². The molecule has 0 aromatic heterocycles. The number of hydrogen-bond acceptors (Lipinski definition) is 6. The summed E-state index contributed by atoms with van der Waals surface area (Å²) in [7, 11) is 0. The molecule has 10 heteroatoms. The fourth-order valence-corrected chi connectivity index (χ4v) is 4.62. The molecule has 0 amide bonds. The number of esters is 1. The normalized spacial score (nSPS) is 21.1. The van der Waals surface area contributed by atoms with E-state index in [9.17, 15) is 28.6 Å². The van der Waals surface area contributed by atoms with Gasteiger partial charge >= 0.3 is 12.1 Å². The van der Waals surface area contributed by atoms with Crippen molar-refractivity contribution in [3.8, 4) is 6.07 Å². The van der Waals surface area contributed by atoms with E-state index in [1.165, 1.54) is 17.0 Å². The Hall–Kier alpha value is -4.26. The summed E-state index contributed by atoms with van der Waals surface area (Å²) in [5, 5.41) is 21.7. The van der Waals surface area contributed by atoms with Crippen molar-refractivity contribution in [3.05, 3.63) is 87.9 Å². The van der Waals surface area contributed by atoms with Gasteiger partial charge in [0.1, 0.15) is 12.4 Å². The number of carbonyl (C=O) groups excluding carboxylic acids is 1. The maximum atomic E-state index is 13.6. The molecule has 1 unspecified atom stereocenters. The molecule has 7 nitrogen and oxygen atoms in total. The molecule has 2 aliphatic rings. The third kappa shape index (κ3) is 4.96. The molecule has 0 aliphatic carbocycles. The van der Waals surface area contributed by atoms with Gasteiger partial charge in [0, 0.05) is 11.4 Å². The van der Waals surface area contributed by atoms with Gasteiger partial charge in [-0.1, -0.05) is 18.2 Å². The first-order chi connectivity index (χ1) is 17.9. The van der Waals surface area contributed by atoms with Crippen LogP contribution < -0.4 is 10.2 Å². The number of rotatable bonds is 4. The summed E-state index contributed by atoms with van der Waals surface area (Å²) >= 11 is 0. The highest BCUT2D eigenvalue weighted by Gasteiger charge is 2.44. The van der Waals surface area contributed by atoms with Crippen LogP contribution in [0.15, 0.2) is 71.3 Å². The van der Waals surface area contributed by atoms with E-state index < -0.39 is 29.2 Å². The molecule has 0 radical (unpaired) electrons. The molecule has 0 bridgehead atoms. The van der Waals surface area contributed by atoms with Gasteiger partial charge in [0.15, 0.2) is 5.88 Å². The van der Waals surface area contributed by atoms with E-state index >= 15 is 0 Å². The molecule has 4 rings (SSSR count). The highest BCUT2D eigenvalue weighted by molar-refractivity contribution is 6.16. The van der Waals surface area contributed by atoms with Crippen LogP contribution in [0.1, 0.15) is 50.3 Å². The van der Waals surface area contributed by atoms with Crippen LogP contribution in [0, 0.1) is 16.7 Å². The number of nitrogens with zero attached hydrogens (tertiary/aromatic N) is 2. The Morgan fingerprint density at radius 1 is 1.26 bits per heavy atom. The highest BCUT2D eigenvalue weighted by atomic mass is 19.4. The Bertz CT molecular complexity index is 1390. The lowest BCUT2D eigenvalue weighted by molar-refractivity contribution is -0.139. The van der Waals surface area contributed by atoms with Gasteiger partial charge in [0.2, 0.25) is 0 Å². The summed E-state index contributed by atoms with van der Waals surface area (Å²) in [5.41, 5.74) is 0.384. The number of allylic oxidation sites excluding steroid dienone is 1. The van der Waals surface area contributed by atoms with Crippen molar-refractivity contribution < 1.29 is 27.4 Å². The van der Waals surface area contributed by atoms with Crippen molar-refractivity contribution in [2.24, 2.45) is 0 Å². The second kappa shape index (κ2) is 9.89. The van der Waals surface area contributed by atoms with Crippen molar-refractivity contribution in [2.75, 3.05) is 18.1 Å². The number of alkyl halides is 3. The highest BCUT2D eigenvalue weighted by Crippen LogP contribution is 2.45. The van der Waals surface area contributed by atoms with Gasteiger partial charge < -0.3 is 14.8 Å². The van der Waals surface area contributed by atoms with Crippen molar-refractivity contribution in [2.45, 2.75) is 45.3 Å². The summed E-state index contributed by atoms with van der Waals surface area (Å²) in [6.45, 7) is 7.39. The standard InChI is InChI=1S/C28H27F3N4O3/c1-5-37-26(36)21-16(2)35(20-8-6-7-19(13-20)28(29,30)31)24(33)23(25-34-27(3,4)15-38-25)22(21)18-11-9-17(14-32)10-12-18/h6-13,22,33-34H,5,15H2,1-4H3/b25-23+,33-24?. The van der Waals surface area contributed by atoms with Gasteiger partial charge in [-0.3, -0.25) is 10.3 Å². The van der Waals surface area contributed by atoms with Gasteiger partial charge in [-0.25, -0.2) is 4.79 Å². The molecule has 38 heavy (non-hydrogen) atoms. The molecule has 2 aromatic rings. The van der Waals surface area contributed by atoms with E-state index in [4.69, 9.17) is 9.47 Å². The summed E-state index contributed by atoms with van der Waals surface area (Å²) in [5.74, 6) is -1.41. The lowest BCUT2D eigenvalue weighted by Gasteiger charge is -2.38. The Labute approximate surface area is 218 Å². The maximum absolute atomic E-state index is 13.6. The summed E-state index contributed by atoms with van der Waals surface area (Å²) in [6.07, 6.45) is -4.60. The Morgan fingerprint density at radius 2 is 1.95 bits per heavy atom. The zero-order valence-corrected chi connectivity index (χ0v) is 21.4. The molecule has 0 saturated carbocycles. The summed E-state index contributed by atoms with van der Waals surface area (Å²) < 4.78 is 52.0. The van der Waals surface area contributed by atoms with Crippen molar-refractivity contribution >= 4 is 17.5 Å². The second-order valence-corrected chi connectivity index (χ2v) is 9.66. The molecular weight excluding hydrogens is 497 g/mol. The molecule has 2 N–H and O–H groups in total. The molecular formula is C28H27F3N4O3. The number of halogens is 3. The number of hydrogen-bond donors (Lipinski definition) is 2. The minimum Gasteiger partial charge on any atom is -0.476 e. The van der Waals surface area contributed by atoms with Crippen molar-refractivity contribution in [3.63, 3.8) is 0 Å². The smallest absolute Gasteiger partial charge is 0.416 e. The van der Waals surface area contributed by atoms with E-state index in [0.29, 0.717) is 11.1 Å². The van der Waals surface area contributed by atoms with Crippen LogP contribution in [0.3, 0.4) is 0 Å². The predicted octanol–water partition coefficient (Wildman–Crippen LogP) is 5.61. The van der Waals surface area contributed by atoms with Gasteiger partial charge in [0.25, 0.3) is 0 Å². The molecule has 2 heterocycles. The van der Waals surface area contributed by atoms with E-state index in [-0.39, 0.29) is 47.5 Å². The molecule has 0 spiro atoms. The minimum atomic E-state index is -4.60. The topological polar surface area (TPSA) is 98.4 Å². The fraction of sp³-hybridized carbons (Fsp3) is 0.321. The minimum absolute atomic E-state index is 0.0674. The Kier molecular flexibility index (Phi) is 6.98. The van der Waals surface area contributed by atoms with E-state index in [1.54, 1.807) is 38.1 Å².